The third-order valence-corrected chi connectivity index (χ3v) is 9.55. The Kier molecular flexibility index (Phi) is 7.18. The third-order valence-electron chi connectivity index (χ3n) is 6.91. The number of rotatable bonds is 6. The monoisotopic (exact) mass is 609 g/mol. The van der Waals surface area contributed by atoms with Crippen molar-refractivity contribution in [1.29, 1.82) is 0 Å². The number of amides is 3. The fourth-order valence-electron chi connectivity index (χ4n) is 5.07. The Labute approximate surface area is 246 Å². The number of nitrogens with zero attached hydrogens (tertiary/aromatic N) is 1. The van der Waals surface area contributed by atoms with E-state index in [1.54, 1.807) is 30.3 Å². The van der Waals surface area contributed by atoms with Gasteiger partial charge in [0.15, 0.2) is 6.61 Å². The molecule has 0 radical (unpaired) electrons. The molecule has 3 atom stereocenters. The molecule has 2 N–H and O–H groups in total. The van der Waals surface area contributed by atoms with Crippen LogP contribution in [0.4, 0.5) is 15.8 Å². The number of halogens is 2. The maximum absolute atomic E-state index is 13.9. The number of thiazole rings is 1. The molecule has 1 saturated heterocycles. The standard InChI is InChI=1S/C29H21ClFN3O5S2/c1-14-2-7-17(8-3-14)32-21(35)13-39-20-11-4-15(30)12-19(20)22-23-25(40-26-24(22)41-29(38)33-26)28(37)34(27(23)36)18-9-5-16(31)6-10-18/h2-12,22-23,25H,13H2,1H3,(H,32,35)(H,33,38)/t22-,23?,25?/m1/s1. The predicted octanol–water partition coefficient (Wildman–Crippen LogP) is 5.35. The number of aromatic amines is 1. The lowest BCUT2D eigenvalue weighted by molar-refractivity contribution is -0.122. The largest absolute Gasteiger partial charge is 0.483 e. The van der Waals surface area contributed by atoms with Crippen LogP contribution in [0.5, 0.6) is 5.75 Å². The van der Waals surface area contributed by atoms with Crippen LogP contribution in [-0.2, 0) is 14.4 Å². The number of H-pyrrole nitrogens is 1. The Bertz CT molecular complexity index is 1740. The van der Waals surface area contributed by atoms with Crippen LogP contribution in [0.15, 0.2) is 76.6 Å². The molecule has 0 bridgehead atoms. The Balaban J connectivity index is 1.36. The topological polar surface area (TPSA) is 109 Å². The minimum atomic E-state index is -0.904. The van der Waals surface area contributed by atoms with Crippen molar-refractivity contribution >= 4 is 63.8 Å². The van der Waals surface area contributed by atoms with Gasteiger partial charge in [0.05, 0.1) is 16.6 Å². The highest BCUT2D eigenvalue weighted by Gasteiger charge is 2.56. The summed E-state index contributed by atoms with van der Waals surface area (Å²) < 4.78 is 19.5. The van der Waals surface area contributed by atoms with Gasteiger partial charge in [0.2, 0.25) is 11.8 Å². The van der Waals surface area contributed by atoms with Crippen LogP contribution in [0.1, 0.15) is 21.9 Å². The van der Waals surface area contributed by atoms with E-state index in [2.05, 4.69) is 10.3 Å². The molecule has 3 aromatic carbocycles. The molecule has 12 heteroatoms. The molecule has 0 spiro atoms. The maximum atomic E-state index is 13.9. The molecule has 41 heavy (non-hydrogen) atoms. The second kappa shape index (κ2) is 10.8. The van der Waals surface area contributed by atoms with Gasteiger partial charge < -0.3 is 15.0 Å². The minimum Gasteiger partial charge on any atom is -0.483 e. The first kappa shape index (κ1) is 27.3. The van der Waals surface area contributed by atoms with E-state index in [1.165, 1.54) is 24.3 Å². The number of aromatic nitrogens is 1. The van der Waals surface area contributed by atoms with E-state index in [-0.39, 0.29) is 22.9 Å². The van der Waals surface area contributed by atoms with Crippen molar-refractivity contribution in [3.63, 3.8) is 0 Å². The molecule has 1 fully saturated rings. The first-order valence-electron chi connectivity index (χ1n) is 12.5. The highest BCUT2D eigenvalue weighted by molar-refractivity contribution is 8.00. The van der Waals surface area contributed by atoms with Crippen molar-refractivity contribution in [2.24, 2.45) is 5.92 Å². The van der Waals surface area contributed by atoms with Crippen LogP contribution in [-0.4, -0.2) is 34.6 Å². The number of nitrogens with one attached hydrogen (secondary N) is 2. The molecule has 0 saturated carbocycles. The summed E-state index contributed by atoms with van der Waals surface area (Å²) in [7, 11) is 0. The SMILES string of the molecule is Cc1ccc(NC(=O)COc2ccc(Cl)cc2[C@H]2c3sc(=O)[nH]c3SC3C(=O)N(c4ccc(F)cc4)C(=O)C32)cc1. The van der Waals surface area contributed by atoms with Crippen LogP contribution in [0.2, 0.25) is 5.02 Å². The molecule has 3 amide bonds. The number of hydrogen-bond donors (Lipinski definition) is 2. The van der Waals surface area contributed by atoms with Gasteiger partial charge in [-0.05, 0) is 61.5 Å². The summed E-state index contributed by atoms with van der Waals surface area (Å²) in [5.74, 6) is -3.23. The van der Waals surface area contributed by atoms with Gasteiger partial charge in [0.25, 0.3) is 5.91 Å². The number of imide groups is 1. The van der Waals surface area contributed by atoms with Crippen LogP contribution in [0.25, 0.3) is 0 Å². The lowest BCUT2D eigenvalue weighted by Crippen LogP contribution is -2.32. The highest BCUT2D eigenvalue weighted by atomic mass is 35.5. The Morgan fingerprint density at radius 1 is 1.05 bits per heavy atom. The van der Waals surface area contributed by atoms with Crippen LogP contribution >= 0.6 is 34.7 Å². The predicted molar refractivity (Wildman–Crippen MR) is 156 cm³/mol. The summed E-state index contributed by atoms with van der Waals surface area (Å²) >= 11 is 8.46. The number of anilines is 2. The second-order valence-corrected chi connectivity index (χ2v) is 12.2. The van der Waals surface area contributed by atoms with Gasteiger partial charge in [-0.3, -0.25) is 19.2 Å². The fraction of sp³-hybridized carbons (Fsp3) is 0.172. The van der Waals surface area contributed by atoms with E-state index in [1.807, 2.05) is 19.1 Å². The van der Waals surface area contributed by atoms with E-state index in [4.69, 9.17) is 16.3 Å². The van der Waals surface area contributed by atoms with Crippen LogP contribution in [0, 0.1) is 18.7 Å². The summed E-state index contributed by atoms with van der Waals surface area (Å²) in [6, 6.07) is 17.3. The van der Waals surface area contributed by atoms with Crippen molar-refractivity contribution in [1.82, 2.24) is 4.98 Å². The third kappa shape index (κ3) is 5.16. The Hall–Kier alpha value is -3.93. The van der Waals surface area contributed by atoms with Gasteiger partial charge >= 0.3 is 4.87 Å². The molecule has 6 rings (SSSR count). The molecule has 8 nitrogen and oxygen atoms in total. The van der Waals surface area contributed by atoms with Crippen molar-refractivity contribution in [3.8, 4) is 5.75 Å². The molecule has 1 aromatic heterocycles. The summed E-state index contributed by atoms with van der Waals surface area (Å²) in [4.78, 5) is 56.7. The molecule has 2 aliphatic rings. The van der Waals surface area contributed by atoms with Crippen molar-refractivity contribution in [2.75, 3.05) is 16.8 Å². The number of carbonyl (C=O) groups excluding carboxylic acids is 3. The molecule has 0 aliphatic carbocycles. The summed E-state index contributed by atoms with van der Waals surface area (Å²) in [5.41, 5.74) is 2.39. The zero-order valence-corrected chi connectivity index (χ0v) is 23.7. The number of ether oxygens (including phenoxy) is 1. The Morgan fingerprint density at radius 2 is 1.78 bits per heavy atom. The van der Waals surface area contributed by atoms with Crippen molar-refractivity contribution < 1.29 is 23.5 Å². The lowest BCUT2D eigenvalue weighted by atomic mass is 9.82. The van der Waals surface area contributed by atoms with E-state index in [0.717, 1.165) is 33.6 Å². The van der Waals surface area contributed by atoms with Gasteiger partial charge in [-0.25, -0.2) is 9.29 Å². The molecule has 2 unspecified atom stereocenters. The van der Waals surface area contributed by atoms with E-state index in [9.17, 15) is 23.6 Å². The molecule has 2 aliphatic heterocycles. The number of benzene rings is 3. The maximum Gasteiger partial charge on any atom is 0.305 e. The van der Waals surface area contributed by atoms with Gasteiger partial charge in [0.1, 0.15) is 16.8 Å². The van der Waals surface area contributed by atoms with Crippen LogP contribution in [0.3, 0.4) is 0 Å². The summed E-state index contributed by atoms with van der Waals surface area (Å²) in [6.07, 6.45) is 0. The fourth-order valence-corrected chi connectivity index (χ4v) is 7.75. The van der Waals surface area contributed by atoms with Gasteiger partial charge in [-0.2, -0.15) is 0 Å². The molecule has 4 aromatic rings. The smallest absolute Gasteiger partial charge is 0.305 e. The first-order valence-corrected chi connectivity index (χ1v) is 14.6. The first-order chi connectivity index (χ1) is 19.7. The van der Waals surface area contributed by atoms with E-state index < -0.39 is 40.6 Å². The highest BCUT2D eigenvalue weighted by Crippen LogP contribution is 2.54. The quantitative estimate of drug-likeness (QED) is 0.285. The molecular weight excluding hydrogens is 589 g/mol. The number of thioether (sulfide) groups is 1. The molecule has 3 heterocycles. The minimum absolute atomic E-state index is 0.252. The average molecular weight is 610 g/mol. The van der Waals surface area contributed by atoms with Crippen molar-refractivity contribution in [2.45, 2.75) is 23.1 Å². The number of hydrogen-bond acceptors (Lipinski definition) is 7. The zero-order chi connectivity index (χ0) is 28.8. The van der Waals surface area contributed by atoms with Gasteiger partial charge in [-0.15, -0.1) is 0 Å². The zero-order valence-electron chi connectivity index (χ0n) is 21.4. The normalized spacial score (nSPS) is 19.6. The summed E-state index contributed by atoms with van der Waals surface area (Å²) in [6.45, 7) is 1.61. The average Bonchev–Trinajstić information content (AvgIpc) is 3.44. The molecule has 208 valence electrons. The second-order valence-electron chi connectivity index (χ2n) is 9.62. The lowest BCUT2D eigenvalue weighted by Gasteiger charge is -2.31. The summed E-state index contributed by atoms with van der Waals surface area (Å²) in [5, 5.41) is 2.75. The van der Waals surface area contributed by atoms with Gasteiger partial charge in [-0.1, -0.05) is 52.4 Å². The van der Waals surface area contributed by atoms with E-state index >= 15 is 0 Å². The van der Waals surface area contributed by atoms with Gasteiger partial charge in [0, 0.05) is 27.1 Å². The van der Waals surface area contributed by atoms with Crippen LogP contribution < -0.4 is 19.8 Å². The number of carbonyl (C=O) groups is 3. The molecular formula is C29H21ClFN3O5S2. The Morgan fingerprint density at radius 3 is 2.51 bits per heavy atom. The number of fused-ring (bicyclic) bond motifs is 2. The van der Waals surface area contributed by atoms with Crippen molar-refractivity contribution in [3.05, 3.63) is 103 Å². The number of aryl methyl sites for hydroxylation is 1. The van der Waals surface area contributed by atoms with E-state index in [0.29, 0.717) is 26.2 Å².